The maximum Gasteiger partial charge on any atom is 0.257 e. The fourth-order valence-corrected chi connectivity index (χ4v) is 3.18. The van der Waals surface area contributed by atoms with Crippen molar-refractivity contribution in [2.24, 2.45) is 0 Å². The number of nitrogens with zero attached hydrogens (tertiary/aromatic N) is 3. The summed E-state index contributed by atoms with van der Waals surface area (Å²) in [6.45, 7) is 1.95. The Morgan fingerprint density at radius 3 is 2.73 bits per heavy atom. The molecule has 1 aliphatic heterocycles. The van der Waals surface area contributed by atoms with Crippen molar-refractivity contribution in [1.29, 1.82) is 0 Å². The summed E-state index contributed by atoms with van der Waals surface area (Å²) in [4.78, 5) is 22.2. The number of halogens is 3. The fourth-order valence-electron chi connectivity index (χ4n) is 3.07. The van der Waals surface area contributed by atoms with E-state index in [0.29, 0.717) is 16.4 Å². The van der Waals surface area contributed by atoms with E-state index in [4.69, 9.17) is 11.6 Å². The van der Waals surface area contributed by atoms with Gasteiger partial charge in [0.15, 0.2) is 0 Å². The molecular weight excluding hydrogens is 362 g/mol. The molecule has 3 rings (SSSR count). The monoisotopic (exact) mass is 380 g/mol. The Morgan fingerprint density at radius 2 is 2.08 bits per heavy atom. The molecule has 1 N–H and O–H groups in total. The van der Waals surface area contributed by atoms with Crippen LogP contribution in [-0.2, 0) is 4.79 Å². The molecule has 0 radical (unpaired) electrons. The first-order valence-corrected chi connectivity index (χ1v) is 8.69. The van der Waals surface area contributed by atoms with Gasteiger partial charge in [-0.05, 0) is 36.8 Å². The summed E-state index contributed by atoms with van der Waals surface area (Å²) >= 11 is 5.77. The van der Waals surface area contributed by atoms with Gasteiger partial charge >= 0.3 is 0 Å². The molecular formula is C18H19ClF2N4O. The first-order valence-electron chi connectivity index (χ1n) is 8.31. The molecule has 1 fully saturated rings. The Labute approximate surface area is 155 Å². The summed E-state index contributed by atoms with van der Waals surface area (Å²) in [6.07, 6.45) is 4.15. The maximum atomic E-state index is 14.4. The Bertz CT molecular complexity index is 758. The molecule has 3 heterocycles. The summed E-state index contributed by atoms with van der Waals surface area (Å²) in [5.41, 5.74) is 0.529. The van der Waals surface area contributed by atoms with Crippen molar-refractivity contribution in [3.05, 3.63) is 53.4 Å². The molecule has 0 saturated carbocycles. The normalized spacial score (nSPS) is 21.2. The van der Waals surface area contributed by atoms with Crippen molar-refractivity contribution in [2.75, 3.05) is 18.4 Å². The molecule has 0 aromatic carbocycles. The molecule has 2 aromatic rings. The first kappa shape index (κ1) is 18.7. The van der Waals surface area contributed by atoms with Crippen LogP contribution in [0.25, 0.3) is 0 Å². The summed E-state index contributed by atoms with van der Waals surface area (Å²) in [5, 5.41) is 3.16. The summed E-state index contributed by atoms with van der Waals surface area (Å²) in [7, 11) is 0. The lowest BCUT2D eigenvalue weighted by Gasteiger charge is -2.40. The van der Waals surface area contributed by atoms with Gasteiger partial charge in [0.1, 0.15) is 5.82 Å². The lowest BCUT2D eigenvalue weighted by molar-refractivity contribution is -0.125. The van der Waals surface area contributed by atoms with E-state index in [1.165, 1.54) is 18.6 Å². The van der Waals surface area contributed by atoms with E-state index >= 15 is 0 Å². The zero-order valence-electron chi connectivity index (χ0n) is 14.2. The van der Waals surface area contributed by atoms with Gasteiger partial charge in [-0.25, -0.2) is 13.8 Å². The van der Waals surface area contributed by atoms with Crippen LogP contribution in [0, 0.1) is 0 Å². The highest BCUT2D eigenvalue weighted by atomic mass is 35.5. The molecule has 0 bridgehead atoms. The molecule has 1 amide bonds. The van der Waals surface area contributed by atoms with Crippen LogP contribution in [0.3, 0.4) is 0 Å². The van der Waals surface area contributed by atoms with Crippen molar-refractivity contribution >= 4 is 23.3 Å². The number of aromatic nitrogens is 2. The summed E-state index contributed by atoms with van der Waals surface area (Å²) in [5.74, 6) is -3.70. The number of carbonyl (C=O) groups is 1. The van der Waals surface area contributed by atoms with Gasteiger partial charge < -0.3 is 5.32 Å². The molecule has 0 spiro atoms. The van der Waals surface area contributed by atoms with E-state index in [2.05, 4.69) is 15.3 Å². The first-order chi connectivity index (χ1) is 12.4. The van der Waals surface area contributed by atoms with Gasteiger partial charge in [0, 0.05) is 38.1 Å². The Morgan fingerprint density at radius 1 is 1.35 bits per heavy atom. The van der Waals surface area contributed by atoms with Gasteiger partial charge in [0.05, 0.1) is 17.0 Å². The van der Waals surface area contributed by atoms with Gasteiger partial charge in [0.2, 0.25) is 5.91 Å². The van der Waals surface area contributed by atoms with Gasteiger partial charge in [-0.2, -0.15) is 0 Å². The van der Waals surface area contributed by atoms with Crippen LogP contribution in [-0.4, -0.2) is 45.8 Å². The number of rotatable bonds is 4. The van der Waals surface area contributed by atoms with E-state index in [9.17, 15) is 13.6 Å². The standard InChI is InChI=1S/C18H19ClF2N4O/c1-12(17(26)24-16-3-2-14(19)10-23-16)25-9-6-18(20,21)15(11-25)13-4-7-22-8-5-13/h2-5,7-8,10,12,15H,6,9,11H2,1H3,(H,23,24,26)/t12?,15-/m1/s1. The van der Waals surface area contributed by atoms with Crippen molar-refractivity contribution in [3.8, 4) is 0 Å². The van der Waals surface area contributed by atoms with Crippen molar-refractivity contribution in [2.45, 2.75) is 31.2 Å². The lowest BCUT2D eigenvalue weighted by atomic mass is 9.87. The number of likely N-dealkylation sites (tertiary alicyclic amines) is 1. The van der Waals surface area contributed by atoms with Gasteiger partial charge in [0.25, 0.3) is 5.92 Å². The average Bonchev–Trinajstić information content (AvgIpc) is 2.63. The minimum atomic E-state index is -2.81. The van der Waals surface area contributed by atoms with Crippen LogP contribution in [0.4, 0.5) is 14.6 Å². The predicted octanol–water partition coefficient (Wildman–Crippen LogP) is 3.58. The number of alkyl halides is 2. The molecule has 8 heteroatoms. The average molecular weight is 381 g/mol. The number of carbonyl (C=O) groups excluding carboxylic acids is 1. The summed E-state index contributed by atoms with van der Waals surface area (Å²) < 4.78 is 28.8. The second kappa shape index (κ2) is 7.63. The van der Waals surface area contributed by atoms with Gasteiger partial charge in [-0.15, -0.1) is 0 Å². The van der Waals surface area contributed by atoms with Crippen molar-refractivity contribution < 1.29 is 13.6 Å². The van der Waals surface area contributed by atoms with Crippen LogP contribution in [0.15, 0.2) is 42.9 Å². The van der Waals surface area contributed by atoms with Crippen LogP contribution < -0.4 is 5.32 Å². The number of piperidine rings is 1. The third kappa shape index (κ3) is 4.16. The zero-order chi connectivity index (χ0) is 18.7. The molecule has 0 aliphatic carbocycles. The Hall–Kier alpha value is -2.12. The molecule has 2 aromatic heterocycles. The molecule has 1 aliphatic rings. The van der Waals surface area contributed by atoms with Crippen molar-refractivity contribution in [1.82, 2.24) is 14.9 Å². The minimum absolute atomic E-state index is 0.0969. The molecule has 5 nitrogen and oxygen atoms in total. The highest BCUT2D eigenvalue weighted by molar-refractivity contribution is 6.30. The zero-order valence-corrected chi connectivity index (χ0v) is 15.0. The van der Waals surface area contributed by atoms with E-state index in [1.807, 2.05) is 0 Å². The fraction of sp³-hybridized carbons (Fsp3) is 0.389. The van der Waals surface area contributed by atoms with Crippen LogP contribution in [0.1, 0.15) is 24.8 Å². The quantitative estimate of drug-likeness (QED) is 0.880. The highest BCUT2D eigenvalue weighted by Crippen LogP contribution is 2.40. The van der Waals surface area contributed by atoms with E-state index in [1.54, 1.807) is 36.1 Å². The maximum absolute atomic E-state index is 14.4. The predicted molar refractivity (Wildman–Crippen MR) is 95.5 cm³/mol. The Balaban J connectivity index is 1.70. The van der Waals surface area contributed by atoms with E-state index in [0.717, 1.165) is 0 Å². The third-order valence-electron chi connectivity index (χ3n) is 4.67. The lowest BCUT2D eigenvalue weighted by Crippen LogP contribution is -2.52. The molecule has 1 saturated heterocycles. The molecule has 1 unspecified atom stereocenters. The number of amides is 1. The number of hydrogen-bond acceptors (Lipinski definition) is 4. The summed E-state index contributed by atoms with van der Waals surface area (Å²) in [6, 6.07) is 5.86. The minimum Gasteiger partial charge on any atom is -0.309 e. The van der Waals surface area contributed by atoms with Gasteiger partial charge in [-0.1, -0.05) is 11.6 Å². The smallest absolute Gasteiger partial charge is 0.257 e. The second-order valence-electron chi connectivity index (χ2n) is 6.37. The number of nitrogens with one attached hydrogen (secondary N) is 1. The van der Waals surface area contributed by atoms with E-state index < -0.39 is 17.9 Å². The van der Waals surface area contributed by atoms with Gasteiger partial charge in [-0.3, -0.25) is 14.7 Å². The van der Waals surface area contributed by atoms with E-state index in [-0.39, 0.29) is 25.4 Å². The van der Waals surface area contributed by atoms with Crippen molar-refractivity contribution in [3.63, 3.8) is 0 Å². The molecule has 2 atom stereocenters. The molecule has 26 heavy (non-hydrogen) atoms. The van der Waals surface area contributed by atoms with Crippen LogP contribution >= 0.6 is 11.6 Å². The number of pyridine rings is 2. The van der Waals surface area contributed by atoms with Crippen LogP contribution in [0.2, 0.25) is 5.02 Å². The number of hydrogen-bond donors (Lipinski definition) is 1. The third-order valence-corrected chi connectivity index (χ3v) is 4.90. The topological polar surface area (TPSA) is 58.1 Å². The highest BCUT2D eigenvalue weighted by Gasteiger charge is 2.46. The van der Waals surface area contributed by atoms with Crippen LogP contribution in [0.5, 0.6) is 0 Å². The second-order valence-corrected chi connectivity index (χ2v) is 6.80. The molecule has 138 valence electrons. The SMILES string of the molecule is CC(C(=O)Nc1ccc(Cl)cn1)N1CCC(F)(F)[C@@H](c2ccncc2)C1. The Kier molecular flexibility index (Phi) is 5.48. The number of anilines is 1. The largest absolute Gasteiger partial charge is 0.309 e.